The Bertz CT molecular complexity index is 1010. The Labute approximate surface area is 182 Å². The van der Waals surface area contributed by atoms with Crippen LogP contribution in [-0.4, -0.2) is 20.7 Å². The summed E-state index contributed by atoms with van der Waals surface area (Å²) < 4.78 is 1.85. The van der Waals surface area contributed by atoms with Crippen LogP contribution in [0.1, 0.15) is 34.7 Å². The van der Waals surface area contributed by atoms with Crippen molar-refractivity contribution in [1.29, 1.82) is 0 Å². The van der Waals surface area contributed by atoms with Gasteiger partial charge in [0.2, 0.25) is 0 Å². The molecular weight excluding hydrogens is 439 g/mol. The summed E-state index contributed by atoms with van der Waals surface area (Å²) in [5.41, 5.74) is 1.38. The van der Waals surface area contributed by atoms with Gasteiger partial charge in [0.15, 0.2) is 11.0 Å². The molecule has 9 heteroatoms. The van der Waals surface area contributed by atoms with Crippen LogP contribution >= 0.6 is 46.6 Å². The van der Waals surface area contributed by atoms with Gasteiger partial charge in [-0.1, -0.05) is 64.8 Å². The van der Waals surface area contributed by atoms with Gasteiger partial charge in [0.25, 0.3) is 5.91 Å². The van der Waals surface area contributed by atoms with Gasteiger partial charge in [-0.05, 0) is 36.8 Å². The van der Waals surface area contributed by atoms with E-state index in [0.717, 1.165) is 10.7 Å². The van der Waals surface area contributed by atoms with Crippen molar-refractivity contribution < 1.29 is 4.79 Å². The zero-order valence-electron chi connectivity index (χ0n) is 15.1. The number of amides is 1. The zero-order valence-corrected chi connectivity index (χ0v) is 18.2. The van der Waals surface area contributed by atoms with Crippen molar-refractivity contribution >= 4 is 52.5 Å². The lowest BCUT2D eigenvalue weighted by molar-refractivity contribution is 0.0938. The maximum Gasteiger partial charge on any atom is 0.253 e. The van der Waals surface area contributed by atoms with Gasteiger partial charge in [-0.15, -0.1) is 10.2 Å². The molecule has 1 amide bonds. The van der Waals surface area contributed by atoms with Gasteiger partial charge in [-0.3, -0.25) is 4.79 Å². The first-order valence-electron chi connectivity index (χ1n) is 8.38. The van der Waals surface area contributed by atoms with Gasteiger partial charge in [0.05, 0.1) is 16.6 Å². The lowest BCUT2D eigenvalue weighted by Crippen LogP contribution is -2.28. The van der Waals surface area contributed by atoms with E-state index in [2.05, 4.69) is 15.5 Å². The van der Waals surface area contributed by atoms with Crippen LogP contribution in [0, 0.1) is 0 Å². The fraction of sp³-hybridized carbons (Fsp3) is 0.211. The van der Waals surface area contributed by atoms with E-state index >= 15 is 0 Å². The monoisotopic (exact) mass is 454 g/mol. The lowest BCUT2D eigenvalue weighted by Gasteiger charge is -2.14. The summed E-state index contributed by atoms with van der Waals surface area (Å²) in [5.74, 6) is 1.01. The topological polar surface area (TPSA) is 59.8 Å². The molecule has 1 heterocycles. The Hall–Kier alpha value is -1.73. The van der Waals surface area contributed by atoms with Crippen LogP contribution < -0.4 is 5.32 Å². The third kappa shape index (κ3) is 4.81. The molecule has 0 aliphatic heterocycles. The van der Waals surface area contributed by atoms with Gasteiger partial charge in [0.1, 0.15) is 0 Å². The Balaban J connectivity index is 1.68. The third-order valence-electron chi connectivity index (χ3n) is 4.09. The lowest BCUT2D eigenvalue weighted by atomic mass is 10.2. The van der Waals surface area contributed by atoms with Crippen molar-refractivity contribution in [1.82, 2.24) is 20.1 Å². The van der Waals surface area contributed by atoms with Crippen LogP contribution in [0.25, 0.3) is 0 Å². The average molecular weight is 456 g/mol. The second kappa shape index (κ2) is 9.18. The van der Waals surface area contributed by atoms with Crippen LogP contribution in [0.3, 0.4) is 0 Å². The fourth-order valence-electron chi connectivity index (χ4n) is 2.59. The SMILES string of the molecule is C[C@H](NC(=O)c1ccccc1Cl)c1nnc(SCc2ccc(Cl)cc2Cl)n1C. The Kier molecular flexibility index (Phi) is 6.88. The molecule has 28 heavy (non-hydrogen) atoms. The molecule has 0 fully saturated rings. The normalized spacial score (nSPS) is 12.0. The minimum Gasteiger partial charge on any atom is -0.342 e. The van der Waals surface area contributed by atoms with Crippen molar-refractivity contribution in [3.05, 3.63) is 74.5 Å². The number of hydrogen-bond acceptors (Lipinski definition) is 4. The van der Waals surface area contributed by atoms with E-state index in [-0.39, 0.29) is 11.9 Å². The number of nitrogens with zero attached hydrogens (tertiary/aromatic N) is 3. The predicted octanol–water partition coefficient (Wildman–Crippen LogP) is 5.56. The maximum absolute atomic E-state index is 12.5. The summed E-state index contributed by atoms with van der Waals surface area (Å²) in [4.78, 5) is 12.5. The summed E-state index contributed by atoms with van der Waals surface area (Å²) in [6, 6.07) is 12.0. The number of hydrogen-bond donors (Lipinski definition) is 1. The summed E-state index contributed by atoms with van der Waals surface area (Å²) in [5, 5.41) is 13.7. The first-order valence-corrected chi connectivity index (χ1v) is 10.5. The minimum absolute atomic E-state index is 0.261. The number of benzene rings is 2. The molecule has 1 atom stereocenters. The second-order valence-corrected chi connectivity index (χ2v) is 8.29. The van der Waals surface area contributed by atoms with Gasteiger partial charge in [-0.25, -0.2) is 0 Å². The number of aromatic nitrogens is 3. The maximum atomic E-state index is 12.5. The molecule has 1 N–H and O–H groups in total. The fourth-order valence-corrected chi connectivity index (χ4v) is 4.29. The largest absolute Gasteiger partial charge is 0.342 e. The second-order valence-electron chi connectivity index (χ2n) is 6.10. The van der Waals surface area contributed by atoms with E-state index in [1.807, 2.05) is 24.6 Å². The number of rotatable bonds is 6. The molecule has 146 valence electrons. The Morgan fingerprint density at radius 3 is 2.61 bits per heavy atom. The molecule has 0 radical (unpaired) electrons. The minimum atomic E-state index is -0.338. The summed E-state index contributed by atoms with van der Waals surface area (Å²) in [6.45, 7) is 1.85. The molecule has 5 nitrogen and oxygen atoms in total. The van der Waals surface area contributed by atoms with Gasteiger partial charge in [-0.2, -0.15) is 0 Å². The van der Waals surface area contributed by atoms with Gasteiger partial charge < -0.3 is 9.88 Å². The quantitative estimate of drug-likeness (QED) is 0.494. The molecule has 0 saturated heterocycles. The molecule has 0 aliphatic carbocycles. The molecule has 3 rings (SSSR count). The van der Waals surface area contributed by atoms with E-state index < -0.39 is 0 Å². The van der Waals surface area contributed by atoms with Gasteiger partial charge >= 0.3 is 0 Å². The predicted molar refractivity (Wildman–Crippen MR) is 114 cm³/mol. The van der Waals surface area contributed by atoms with Crippen LogP contribution in [0.5, 0.6) is 0 Å². The molecule has 0 saturated carbocycles. The van der Waals surface area contributed by atoms with Crippen molar-refractivity contribution in [3.63, 3.8) is 0 Å². The zero-order chi connectivity index (χ0) is 20.3. The van der Waals surface area contributed by atoms with Crippen molar-refractivity contribution in [2.24, 2.45) is 7.05 Å². The standard InChI is InChI=1S/C19H17Cl3N4OS/c1-11(23-18(27)14-5-3-4-6-15(14)21)17-24-25-19(26(17)2)28-10-12-7-8-13(20)9-16(12)22/h3-9,11H,10H2,1-2H3,(H,23,27)/t11-/m0/s1. The first kappa shape index (κ1) is 21.0. The Morgan fingerprint density at radius 1 is 1.14 bits per heavy atom. The van der Waals surface area contributed by atoms with Crippen LogP contribution in [-0.2, 0) is 12.8 Å². The summed E-state index contributed by atoms with van der Waals surface area (Å²) in [6.07, 6.45) is 0. The molecule has 0 unspecified atom stereocenters. The first-order chi connectivity index (χ1) is 13.4. The van der Waals surface area contributed by atoms with Crippen LogP contribution in [0.4, 0.5) is 0 Å². The highest BCUT2D eigenvalue weighted by atomic mass is 35.5. The van der Waals surface area contributed by atoms with E-state index in [1.165, 1.54) is 11.8 Å². The Morgan fingerprint density at radius 2 is 1.89 bits per heavy atom. The molecule has 2 aromatic carbocycles. The van der Waals surface area contributed by atoms with Crippen molar-refractivity contribution in [2.75, 3.05) is 0 Å². The summed E-state index contributed by atoms with van der Waals surface area (Å²) in [7, 11) is 1.86. The number of carbonyl (C=O) groups is 1. The van der Waals surface area contributed by atoms with Crippen LogP contribution in [0.2, 0.25) is 15.1 Å². The van der Waals surface area contributed by atoms with Gasteiger partial charge in [0, 0.05) is 22.8 Å². The highest BCUT2D eigenvalue weighted by Gasteiger charge is 2.19. The number of halogens is 3. The highest BCUT2D eigenvalue weighted by Crippen LogP contribution is 2.28. The van der Waals surface area contributed by atoms with E-state index in [1.54, 1.807) is 36.4 Å². The molecule has 0 spiro atoms. The average Bonchev–Trinajstić information content (AvgIpc) is 3.02. The molecule has 1 aromatic heterocycles. The molecular formula is C19H17Cl3N4OS. The van der Waals surface area contributed by atoms with E-state index in [4.69, 9.17) is 34.8 Å². The van der Waals surface area contributed by atoms with E-state index in [0.29, 0.717) is 32.2 Å². The third-order valence-corrected chi connectivity index (χ3v) is 6.08. The molecule has 0 bridgehead atoms. The number of carbonyl (C=O) groups excluding carboxylic acids is 1. The molecule has 3 aromatic rings. The smallest absolute Gasteiger partial charge is 0.253 e. The van der Waals surface area contributed by atoms with Crippen molar-refractivity contribution in [3.8, 4) is 0 Å². The highest BCUT2D eigenvalue weighted by molar-refractivity contribution is 7.98. The van der Waals surface area contributed by atoms with E-state index in [9.17, 15) is 4.79 Å². The molecule has 0 aliphatic rings. The number of thioether (sulfide) groups is 1. The summed E-state index contributed by atoms with van der Waals surface area (Å²) >= 11 is 19.7. The van der Waals surface area contributed by atoms with Crippen LogP contribution in [0.15, 0.2) is 47.6 Å². The number of nitrogens with one attached hydrogen (secondary N) is 1. The van der Waals surface area contributed by atoms with Crippen molar-refractivity contribution in [2.45, 2.75) is 23.9 Å².